The van der Waals surface area contributed by atoms with E-state index in [2.05, 4.69) is 20.5 Å². The van der Waals surface area contributed by atoms with Gasteiger partial charge in [0, 0.05) is 18.1 Å². The van der Waals surface area contributed by atoms with Crippen molar-refractivity contribution in [3.63, 3.8) is 0 Å². The molecule has 0 radical (unpaired) electrons. The number of nitrogens with one attached hydrogen (secondary N) is 1. The lowest BCUT2D eigenvalue weighted by atomic mass is 10.2. The number of nitrogens with zero attached hydrogens (tertiary/aromatic N) is 4. The Hall–Kier alpha value is -2.90. The third kappa shape index (κ3) is 4.32. The third-order valence-electron chi connectivity index (χ3n) is 4.52. The number of anilines is 2. The number of ether oxygens (including phenoxy) is 1. The van der Waals surface area contributed by atoms with E-state index in [1.165, 1.54) is 0 Å². The summed E-state index contributed by atoms with van der Waals surface area (Å²) in [5.74, 6) is -0.323. The maximum Gasteiger partial charge on any atom is 0.277 e. The summed E-state index contributed by atoms with van der Waals surface area (Å²) in [6, 6.07) is 15.4. The Kier molecular flexibility index (Phi) is 5.55. The van der Waals surface area contributed by atoms with Crippen molar-refractivity contribution < 1.29 is 9.53 Å². The Balaban J connectivity index is 1.50. The highest BCUT2D eigenvalue weighted by Gasteiger charge is 2.18. The fourth-order valence-corrected chi connectivity index (χ4v) is 3.30. The molecule has 3 aromatic rings. The summed E-state index contributed by atoms with van der Waals surface area (Å²) in [7, 11) is 0. The lowest BCUT2D eigenvalue weighted by Crippen LogP contribution is -2.36. The summed E-state index contributed by atoms with van der Waals surface area (Å²) in [4.78, 5) is 14.9. The van der Waals surface area contributed by atoms with Gasteiger partial charge in [0.2, 0.25) is 0 Å². The topological polar surface area (TPSA) is 72.3 Å². The van der Waals surface area contributed by atoms with Gasteiger partial charge in [-0.05, 0) is 23.8 Å². The van der Waals surface area contributed by atoms with E-state index in [1.807, 2.05) is 42.5 Å². The number of hydrogen-bond acceptors (Lipinski definition) is 5. The average molecular weight is 398 g/mol. The van der Waals surface area contributed by atoms with E-state index in [1.54, 1.807) is 16.9 Å². The maximum atomic E-state index is 12.7. The molecule has 0 unspecified atom stereocenters. The van der Waals surface area contributed by atoms with Gasteiger partial charge < -0.3 is 15.0 Å². The van der Waals surface area contributed by atoms with E-state index in [-0.39, 0.29) is 11.6 Å². The largest absolute Gasteiger partial charge is 0.378 e. The van der Waals surface area contributed by atoms with Gasteiger partial charge in [-0.2, -0.15) is 0 Å². The number of carbonyl (C=O) groups is 1. The van der Waals surface area contributed by atoms with Gasteiger partial charge in [-0.15, -0.1) is 5.10 Å². The Labute approximate surface area is 167 Å². The van der Waals surface area contributed by atoms with Crippen LogP contribution in [-0.4, -0.2) is 47.2 Å². The first-order valence-electron chi connectivity index (χ1n) is 9.07. The molecule has 2 aromatic carbocycles. The fraction of sp³-hybridized carbons (Fsp3) is 0.250. The van der Waals surface area contributed by atoms with Gasteiger partial charge in [-0.1, -0.05) is 47.1 Å². The zero-order valence-corrected chi connectivity index (χ0v) is 16.0. The summed E-state index contributed by atoms with van der Waals surface area (Å²) >= 11 is 6.15. The van der Waals surface area contributed by atoms with E-state index < -0.39 is 0 Å². The van der Waals surface area contributed by atoms with Gasteiger partial charge in [0.15, 0.2) is 5.69 Å². The van der Waals surface area contributed by atoms with Crippen molar-refractivity contribution in [2.45, 2.75) is 6.54 Å². The minimum Gasteiger partial charge on any atom is -0.378 e. The van der Waals surface area contributed by atoms with Crippen LogP contribution in [0.3, 0.4) is 0 Å². The first-order valence-corrected chi connectivity index (χ1v) is 9.44. The monoisotopic (exact) mass is 397 g/mol. The summed E-state index contributed by atoms with van der Waals surface area (Å²) < 4.78 is 7.05. The first-order chi connectivity index (χ1) is 13.7. The molecule has 0 spiro atoms. The number of aromatic nitrogens is 3. The summed E-state index contributed by atoms with van der Waals surface area (Å²) in [6.07, 6.45) is 1.64. The van der Waals surface area contributed by atoms with Crippen molar-refractivity contribution in [2.75, 3.05) is 36.5 Å². The molecular weight excluding hydrogens is 378 g/mol. The molecule has 0 bridgehead atoms. The van der Waals surface area contributed by atoms with Gasteiger partial charge in [0.1, 0.15) is 0 Å². The SMILES string of the molecule is O=C(Nc1cc(Cl)ccc1N1CCOCC1)c1cn(Cc2ccccc2)nn1. The van der Waals surface area contributed by atoms with Crippen LogP contribution in [0.5, 0.6) is 0 Å². The second kappa shape index (κ2) is 8.41. The molecule has 1 fully saturated rings. The molecule has 28 heavy (non-hydrogen) atoms. The first kappa shape index (κ1) is 18.5. The number of hydrogen-bond donors (Lipinski definition) is 1. The summed E-state index contributed by atoms with van der Waals surface area (Å²) in [6.45, 7) is 3.39. The molecule has 2 heterocycles. The molecule has 8 heteroatoms. The molecule has 0 atom stereocenters. The normalized spacial score (nSPS) is 14.1. The number of morpholine rings is 1. The van der Waals surface area contributed by atoms with Crippen molar-refractivity contribution in [1.29, 1.82) is 0 Å². The predicted molar refractivity (Wildman–Crippen MR) is 108 cm³/mol. The highest BCUT2D eigenvalue weighted by molar-refractivity contribution is 6.31. The van der Waals surface area contributed by atoms with Crippen molar-refractivity contribution >= 4 is 28.9 Å². The van der Waals surface area contributed by atoms with Gasteiger partial charge in [-0.25, -0.2) is 4.68 Å². The maximum absolute atomic E-state index is 12.7. The van der Waals surface area contributed by atoms with E-state index in [4.69, 9.17) is 16.3 Å². The minimum absolute atomic E-state index is 0.254. The van der Waals surface area contributed by atoms with Crippen molar-refractivity contribution in [3.8, 4) is 0 Å². The molecular formula is C20H20ClN5O2. The second-order valence-electron chi connectivity index (χ2n) is 6.50. The van der Waals surface area contributed by atoms with E-state index in [0.717, 1.165) is 24.3 Å². The van der Waals surface area contributed by atoms with Crippen LogP contribution in [-0.2, 0) is 11.3 Å². The number of amides is 1. The molecule has 0 aliphatic carbocycles. The average Bonchev–Trinajstić information content (AvgIpc) is 3.18. The highest BCUT2D eigenvalue weighted by Crippen LogP contribution is 2.30. The van der Waals surface area contributed by atoms with Crippen LogP contribution in [0.25, 0.3) is 0 Å². The Morgan fingerprint density at radius 1 is 1.14 bits per heavy atom. The standard InChI is InChI=1S/C20H20ClN5O2/c21-16-6-7-19(25-8-10-28-11-9-25)17(12-16)22-20(27)18-14-26(24-23-18)13-15-4-2-1-3-5-15/h1-7,12,14H,8-11,13H2,(H,22,27). The number of benzene rings is 2. The van der Waals surface area contributed by atoms with Crippen LogP contribution < -0.4 is 10.2 Å². The molecule has 1 N–H and O–H groups in total. The predicted octanol–water partition coefficient (Wildman–Crippen LogP) is 3.07. The molecule has 1 amide bonds. The number of rotatable bonds is 5. The molecule has 1 aromatic heterocycles. The van der Waals surface area contributed by atoms with Crippen LogP contribution in [0.2, 0.25) is 5.02 Å². The molecule has 1 aliphatic heterocycles. The quantitative estimate of drug-likeness (QED) is 0.716. The van der Waals surface area contributed by atoms with Crippen LogP contribution in [0, 0.1) is 0 Å². The van der Waals surface area contributed by atoms with Crippen molar-refractivity contribution in [2.24, 2.45) is 0 Å². The van der Waals surface area contributed by atoms with Crippen LogP contribution in [0.1, 0.15) is 16.1 Å². The number of halogens is 1. The van der Waals surface area contributed by atoms with E-state index in [0.29, 0.717) is 30.5 Å². The van der Waals surface area contributed by atoms with Crippen LogP contribution in [0.4, 0.5) is 11.4 Å². The third-order valence-corrected chi connectivity index (χ3v) is 4.75. The lowest BCUT2D eigenvalue weighted by molar-refractivity contribution is 0.102. The zero-order valence-electron chi connectivity index (χ0n) is 15.2. The fourth-order valence-electron chi connectivity index (χ4n) is 3.12. The smallest absolute Gasteiger partial charge is 0.277 e. The Morgan fingerprint density at radius 2 is 1.93 bits per heavy atom. The van der Waals surface area contributed by atoms with Gasteiger partial charge >= 0.3 is 0 Å². The molecule has 1 aliphatic rings. The van der Waals surface area contributed by atoms with Crippen molar-refractivity contribution in [3.05, 3.63) is 71.0 Å². The van der Waals surface area contributed by atoms with Gasteiger partial charge in [-0.3, -0.25) is 4.79 Å². The minimum atomic E-state index is -0.323. The Morgan fingerprint density at radius 3 is 2.71 bits per heavy atom. The molecule has 1 saturated heterocycles. The summed E-state index contributed by atoms with van der Waals surface area (Å²) in [5.41, 5.74) is 2.90. The number of carbonyl (C=O) groups excluding carboxylic acids is 1. The van der Waals surface area contributed by atoms with Crippen LogP contribution >= 0.6 is 11.6 Å². The second-order valence-corrected chi connectivity index (χ2v) is 6.94. The van der Waals surface area contributed by atoms with Gasteiger partial charge in [0.05, 0.1) is 37.3 Å². The molecule has 7 nitrogen and oxygen atoms in total. The highest BCUT2D eigenvalue weighted by atomic mass is 35.5. The van der Waals surface area contributed by atoms with E-state index >= 15 is 0 Å². The summed E-state index contributed by atoms with van der Waals surface area (Å²) in [5, 5.41) is 11.5. The molecule has 4 rings (SSSR count). The molecule has 0 saturated carbocycles. The molecule has 144 valence electrons. The van der Waals surface area contributed by atoms with E-state index in [9.17, 15) is 4.79 Å². The zero-order chi connectivity index (χ0) is 19.3. The lowest BCUT2D eigenvalue weighted by Gasteiger charge is -2.30. The Bertz CT molecular complexity index is 954. The van der Waals surface area contributed by atoms with Crippen molar-refractivity contribution in [1.82, 2.24) is 15.0 Å². The van der Waals surface area contributed by atoms with Gasteiger partial charge in [0.25, 0.3) is 5.91 Å². The van der Waals surface area contributed by atoms with Crippen LogP contribution in [0.15, 0.2) is 54.7 Å².